The van der Waals surface area contributed by atoms with Gasteiger partial charge in [-0.2, -0.15) is 5.26 Å². The smallest absolute Gasteiger partial charge is 0.159 e. The molecule has 0 saturated carbocycles. The predicted octanol–water partition coefficient (Wildman–Crippen LogP) is 7.44. The lowest BCUT2D eigenvalue weighted by Gasteiger charge is -2.09. The van der Waals surface area contributed by atoms with E-state index in [0.29, 0.717) is 47.5 Å². The summed E-state index contributed by atoms with van der Waals surface area (Å²) in [5.74, 6) is 1.07. The second-order valence-corrected chi connectivity index (χ2v) is 8.79. The van der Waals surface area contributed by atoms with Crippen LogP contribution in [0.5, 0.6) is 5.75 Å². The Balaban J connectivity index is 1.39. The molecule has 0 aliphatic heterocycles. The zero-order chi connectivity index (χ0) is 24.5. The van der Waals surface area contributed by atoms with Gasteiger partial charge in [0.15, 0.2) is 11.6 Å². The largest absolute Gasteiger partial charge is 0.490 e. The average molecular weight is 468 g/mol. The van der Waals surface area contributed by atoms with Gasteiger partial charge in [-0.05, 0) is 54.0 Å². The molecule has 4 aromatic rings. The van der Waals surface area contributed by atoms with E-state index in [1.54, 1.807) is 30.6 Å². The molecule has 0 N–H and O–H groups in total. The minimum absolute atomic E-state index is 0.189. The first kappa shape index (κ1) is 24.3. The first-order valence-corrected chi connectivity index (χ1v) is 12.3. The highest BCUT2D eigenvalue weighted by Gasteiger charge is 2.10. The minimum atomic E-state index is -0.189. The Morgan fingerprint density at radius 1 is 0.886 bits per heavy atom. The lowest BCUT2D eigenvalue weighted by molar-refractivity contribution is 0.302. The van der Waals surface area contributed by atoms with Crippen LogP contribution < -0.4 is 4.74 Å². The number of fused-ring (bicyclic) bond motifs is 1. The van der Waals surface area contributed by atoms with Crippen molar-refractivity contribution in [2.24, 2.45) is 0 Å². The fraction of sp³-hybridized carbons (Fsp3) is 0.300. The Morgan fingerprint density at radius 3 is 2.40 bits per heavy atom. The van der Waals surface area contributed by atoms with Crippen molar-refractivity contribution in [3.05, 3.63) is 89.5 Å². The van der Waals surface area contributed by atoms with E-state index in [1.807, 2.05) is 36.4 Å². The Labute approximate surface area is 206 Å². The van der Waals surface area contributed by atoms with Crippen molar-refractivity contribution in [2.75, 3.05) is 6.61 Å². The Hall–Kier alpha value is -3.78. The number of rotatable bonds is 11. The molecule has 0 radical (unpaired) electrons. The highest BCUT2D eigenvalue weighted by atomic mass is 19.1. The van der Waals surface area contributed by atoms with Gasteiger partial charge in [-0.25, -0.2) is 14.4 Å². The summed E-state index contributed by atoms with van der Waals surface area (Å²) in [6, 6.07) is 18.9. The third kappa shape index (κ3) is 6.42. The molecular weight excluding hydrogens is 437 g/mol. The van der Waals surface area contributed by atoms with Crippen molar-refractivity contribution in [2.45, 2.75) is 51.9 Å². The number of aryl methyl sites for hydroxylation is 2. The molecule has 0 aliphatic carbocycles. The van der Waals surface area contributed by atoms with E-state index >= 15 is 4.39 Å². The molecule has 4 rings (SSSR count). The molecule has 4 nitrogen and oxygen atoms in total. The van der Waals surface area contributed by atoms with E-state index in [4.69, 9.17) is 10.00 Å². The van der Waals surface area contributed by atoms with E-state index in [9.17, 15) is 0 Å². The molecule has 0 amide bonds. The van der Waals surface area contributed by atoms with E-state index in [0.717, 1.165) is 22.9 Å². The Bertz CT molecular complexity index is 1290. The fourth-order valence-corrected chi connectivity index (χ4v) is 4.13. The van der Waals surface area contributed by atoms with Gasteiger partial charge in [0.05, 0.1) is 30.6 Å². The molecular formula is C30H30FN3O. The third-order valence-corrected chi connectivity index (χ3v) is 6.20. The van der Waals surface area contributed by atoms with Gasteiger partial charge in [-0.3, -0.25) is 0 Å². The maximum Gasteiger partial charge on any atom is 0.159 e. The van der Waals surface area contributed by atoms with E-state index in [1.165, 1.54) is 25.7 Å². The molecule has 178 valence electrons. The highest BCUT2D eigenvalue weighted by molar-refractivity contribution is 5.87. The summed E-state index contributed by atoms with van der Waals surface area (Å²) in [7, 11) is 0. The third-order valence-electron chi connectivity index (χ3n) is 6.20. The summed E-state index contributed by atoms with van der Waals surface area (Å²) in [5, 5.41) is 10.3. The predicted molar refractivity (Wildman–Crippen MR) is 138 cm³/mol. The van der Waals surface area contributed by atoms with Crippen LogP contribution in [0.25, 0.3) is 22.2 Å². The molecule has 0 bridgehead atoms. The Morgan fingerprint density at radius 2 is 1.66 bits per heavy atom. The monoisotopic (exact) mass is 467 g/mol. The minimum Gasteiger partial charge on any atom is -0.490 e. The number of unbranched alkanes of at least 4 members (excludes halogenated alkanes) is 4. The number of hydrogen-bond donors (Lipinski definition) is 0. The van der Waals surface area contributed by atoms with Crippen LogP contribution in [-0.4, -0.2) is 16.6 Å². The number of hydrogen-bond acceptors (Lipinski definition) is 4. The lowest BCUT2D eigenvalue weighted by atomic mass is 9.98. The molecule has 5 heteroatoms. The summed E-state index contributed by atoms with van der Waals surface area (Å²) in [6.45, 7) is 2.88. The molecule has 0 saturated heterocycles. The van der Waals surface area contributed by atoms with Crippen molar-refractivity contribution in [3.63, 3.8) is 0 Å². The molecule has 3 aromatic carbocycles. The molecule has 0 atom stereocenters. The highest BCUT2D eigenvalue weighted by Crippen LogP contribution is 2.27. The van der Waals surface area contributed by atoms with E-state index in [-0.39, 0.29) is 5.82 Å². The molecule has 0 fully saturated rings. The van der Waals surface area contributed by atoms with Crippen molar-refractivity contribution in [1.29, 1.82) is 5.26 Å². The van der Waals surface area contributed by atoms with Gasteiger partial charge in [-0.1, -0.05) is 69.0 Å². The summed E-state index contributed by atoms with van der Waals surface area (Å²) < 4.78 is 21.0. The van der Waals surface area contributed by atoms with Crippen LogP contribution in [0.4, 0.5) is 4.39 Å². The zero-order valence-electron chi connectivity index (χ0n) is 20.1. The number of halogens is 1. The summed E-state index contributed by atoms with van der Waals surface area (Å²) in [4.78, 5) is 8.90. The normalized spacial score (nSPS) is 10.9. The number of ether oxygens (including phenoxy) is 1. The maximum absolute atomic E-state index is 15.2. The summed E-state index contributed by atoms with van der Waals surface area (Å²) in [5.41, 5.74) is 3.24. The summed E-state index contributed by atoms with van der Waals surface area (Å²) >= 11 is 0. The van der Waals surface area contributed by atoms with Crippen molar-refractivity contribution in [3.8, 4) is 23.2 Å². The van der Waals surface area contributed by atoms with Crippen LogP contribution in [0.15, 0.2) is 67.0 Å². The first-order valence-electron chi connectivity index (χ1n) is 12.3. The molecule has 1 aromatic heterocycles. The number of benzene rings is 3. The van der Waals surface area contributed by atoms with Crippen molar-refractivity contribution in [1.82, 2.24) is 9.97 Å². The number of nitrogens with zero attached hydrogens (tertiary/aromatic N) is 3. The molecule has 1 heterocycles. The molecule has 0 aliphatic rings. The molecule has 0 spiro atoms. The van der Waals surface area contributed by atoms with Gasteiger partial charge in [0.1, 0.15) is 5.82 Å². The van der Waals surface area contributed by atoms with Crippen LogP contribution in [0.1, 0.15) is 55.7 Å². The lowest BCUT2D eigenvalue weighted by Crippen LogP contribution is -1.99. The van der Waals surface area contributed by atoms with Crippen LogP contribution in [-0.2, 0) is 12.8 Å². The topological polar surface area (TPSA) is 58.8 Å². The van der Waals surface area contributed by atoms with Gasteiger partial charge in [0, 0.05) is 10.9 Å². The van der Waals surface area contributed by atoms with Crippen molar-refractivity contribution >= 4 is 10.8 Å². The van der Waals surface area contributed by atoms with Gasteiger partial charge < -0.3 is 4.74 Å². The fourth-order valence-electron chi connectivity index (χ4n) is 4.13. The van der Waals surface area contributed by atoms with Crippen LogP contribution in [0, 0.1) is 17.1 Å². The van der Waals surface area contributed by atoms with Crippen LogP contribution in [0.3, 0.4) is 0 Å². The second-order valence-electron chi connectivity index (χ2n) is 8.79. The van der Waals surface area contributed by atoms with Gasteiger partial charge in [0.2, 0.25) is 0 Å². The number of aromatic nitrogens is 2. The Kier molecular flexibility index (Phi) is 8.40. The van der Waals surface area contributed by atoms with Crippen molar-refractivity contribution < 1.29 is 9.13 Å². The van der Waals surface area contributed by atoms with E-state index in [2.05, 4.69) is 23.0 Å². The van der Waals surface area contributed by atoms with Gasteiger partial charge in [0.25, 0.3) is 0 Å². The molecule has 35 heavy (non-hydrogen) atoms. The van der Waals surface area contributed by atoms with Crippen LogP contribution >= 0.6 is 0 Å². The quantitative estimate of drug-likeness (QED) is 0.215. The van der Waals surface area contributed by atoms with Gasteiger partial charge >= 0.3 is 0 Å². The maximum atomic E-state index is 15.2. The second kappa shape index (κ2) is 12.1. The first-order chi connectivity index (χ1) is 17.2. The average Bonchev–Trinajstić information content (AvgIpc) is 2.91. The van der Waals surface area contributed by atoms with Gasteiger partial charge in [-0.15, -0.1) is 0 Å². The van der Waals surface area contributed by atoms with E-state index < -0.39 is 0 Å². The van der Waals surface area contributed by atoms with Crippen LogP contribution in [0.2, 0.25) is 0 Å². The molecule has 0 unspecified atom stereocenters. The SMILES string of the molecule is CCCCCCCOc1cnc(-c2ccc3c(F)c(CCc4ccc(C#N)cc4)ccc3c2)nc1. The standard InChI is InChI=1S/C30H30FN3O/c1-2-3-4-5-6-17-35-27-20-33-30(34-21-27)26-15-16-28-25(18-26)14-13-24(29(28)31)12-11-22-7-9-23(19-32)10-8-22/h7-10,13-16,18,20-21H,2-6,11-12,17H2,1H3. The number of nitriles is 1. The zero-order valence-corrected chi connectivity index (χ0v) is 20.1. The summed E-state index contributed by atoms with van der Waals surface area (Å²) in [6.07, 6.45) is 10.7.